The normalized spacial score (nSPS) is 34.9. The number of alkyl halides is 1. The Hall–Kier alpha value is -0.110. The molecular formula is C15H30FN. The number of halogens is 1. The lowest BCUT2D eigenvalue weighted by atomic mass is 9.63. The van der Waals surface area contributed by atoms with Crippen molar-refractivity contribution in [3.8, 4) is 0 Å². The fourth-order valence-corrected chi connectivity index (χ4v) is 3.56. The molecule has 3 unspecified atom stereocenters. The third-order valence-corrected chi connectivity index (χ3v) is 4.15. The summed E-state index contributed by atoms with van der Waals surface area (Å²) >= 11 is 0. The summed E-state index contributed by atoms with van der Waals surface area (Å²) in [6.45, 7) is 11.8. The Morgan fingerprint density at radius 2 is 1.94 bits per heavy atom. The lowest BCUT2D eigenvalue weighted by Crippen LogP contribution is -2.58. The van der Waals surface area contributed by atoms with Gasteiger partial charge in [0.15, 0.2) is 0 Å². The molecule has 1 nitrogen and oxygen atoms in total. The number of hydrogen-bond acceptors (Lipinski definition) is 1. The van der Waals surface area contributed by atoms with Gasteiger partial charge in [-0.05, 0) is 23.7 Å². The van der Waals surface area contributed by atoms with Gasteiger partial charge in [0.2, 0.25) is 0 Å². The molecule has 0 aliphatic carbocycles. The second-order valence-electron chi connectivity index (χ2n) is 7.12. The Morgan fingerprint density at radius 1 is 1.29 bits per heavy atom. The third-order valence-electron chi connectivity index (χ3n) is 4.15. The van der Waals surface area contributed by atoms with Gasteiger partial charge in [0.1, 0.15) is 6.17 Å². The Kier molecular flexibility index (Phi) is 5.00. The van der Waals surface area contributed by atoms with Crippen LogP contribution in [0.3, 0.4) is 0 Å². The smallest absolute Gasteiger partial charge is 0.113 e. The van der Waals surface area contributed by atoms with E-state index in [-0.39, 0.29) is 10.8 Å². The molecule has 0 saturated carbocycles. The number of rotatable bonds is 4. The summed E-state index contributed by atoms with van der Waals surface area (Å²) in [4.78, 5) is 0. The average Bonchev–Trinajstić information content (AvgIpc) is 2.15. The third kappa shape index (κ3) is 3.94. The Balaban J connectivity index is 2.72. The van der Waals surface area contributed by atoms with Gasteiger partial charge in [-0.25, -0.2) is 4.39 Å². The second-order valence-corrected chi connectivity index (χ2v) is 7.12. The first kappa shape index (κ1) is 14.9. The minimum atomic E-state index is -0.666. The minimum Gasteiger partial charge on any atom is -0.310 e. The van der Waals surface area contributed by atoms with Crippen molar-refractivity contribution in [3.05, 3.63) is 0 Å². The summed E-state index contributed by atoms with van der Waals surface area (Å²) < 4.78 is 13.7. The Bertz CT molecular complexity index is 234. The van der Waals surface area contributed by atoms with Crippen LogP contribution in [-0.4, -0.2) is 18.8 Å². The fourth-order valence-electron chi connectivity index (χ4n) is 3.56. The van der Waals surface area contributed by atoms with Crippen molar-refractivity contribution < 1.29 is 4.39 Å². The Labute approximate surface area is 107 Å². The highest BCUT2D eigenvalue weighted by Gasteiger charge is 2.45. The number of hydrogen-bond donors (Lipinski definition) is 1. The Morgan fingerprint density at radius 3 is 2.47 bits per heavy atom. The summed E-state index contributed by atoms with van der Waals surface area (Å²) in [6, 6.07) is 0.429. The lowest BCUT2D eigenvalue weighted by Gasteiger charge is -2.50. The molecule has 17 heavy (non-hydrogen) atoms. The maximum Gasteiger partial charge on any atom is 0.113 e. The van der Waals surface area contributed by atoms with Gasteiger partial charge >= 0.3 is 0 Å². The molecule has 0 radical (unpaired) electrons. The molecule has 2 heteroatoms. The summed E-state index contributed by atoms with van der Waals surface area (Å²) in [5.74, 6) is 0. The molecule has 0 aromatic carbocycles. The molecule has 1 aliphatic heterocycles. The molecule has 0 amide bonds. The van der Waals surface area contributed by atoms with Crippen LogP contribution in [0, 0.1) is 10.8 Å². The van der Waals surface area contributed by atoms with Crippen LogP contribution in [0.25, 0.3) is 0 Å². The summed E-state index contributed by atoms with van der Waals surface area (Å²) in [6.07, 6.45) is 4.95. The van der Waals surface area contributed by atoms with Crippen molar-refractivity contribution in [2.45, 2.75) is 78.9 Å². The molecule has 0 bridgehead atoms. The van der Waals surface area contributed by atoms with Crippen molar-refractivity contribution >= 4 is 0 Å². The van der Waals surface area contributed by atoms with Crippen LogP contribution in [0.4, 0.5) is 4.39 Å². The van der Waals surface area contributed by atoms with Crippen molar-refractivity contribution in [3.63, 3.8) is 0 Å². The summed E-state index contributed by atoms with van der Waals surface area (Å²) in [7, 11) is 0. The zero-order valence-corrected chi connectivity index (χ0v) is 12.3. The van der Waals surface area contributed by atoms with Crippen LogP contribution in [0.5, 0.6) is 0 Å². The minimum absolute atomic E-state index is 0.116. The highest BCUT2D eigenvalue weighted by atomic mass is 19.1. The molecule has 102 valence electrons. The molecule has 1 fully saturated rings. The zero-order valence-electron chi connectivity index (χ0n) is 12.3. The van der Waals surface area contributed by atoms with E-state index < -0.39 is 6.17 Å². The topological polar surface area (TPSA) is 12.0 Å². The first-order valence-electron chi connectivity index (χ1n) is 7.17. The molecule has 3 atom stereocenters. The standard InChI is InChI=1S/C15H30FN/c1-6-7-8-9-15(5)10-12(16)11-17-13(15)14(2,3)4/h12-13,17H,6-11H2,1-5H3. The summed E-state index contributed by atoms with van der Waals surface area (Å²) in [5, 5.41) is 3.45. The SMILES string of the molecule is CCCCCC1(C)CC(F)CNC1C(C)(C)C. The molecule has 1 rings (SSSR count). The van der Waals surface area contributed by atoms with E-state index in [2.05, 4.69) is 39.9 Å². The largest absolute Gasteiger partial charge is 0.310 e. The van der Waals surface area contributed by atoms with E-state index in [9.17, 15) is 4.39 Å². The highest BCUT2D eigenvalue weighted by molar-refractivity contribution is 4.99. The van der Waals surface area contributed by atoms with Gasteiger partial charge < -0.3 is 5.32 Å². The molecule has 1 heterocycles. The first-order valence-corrected chi connectivity index (χ1v) is 7.17. The number of nitrogens with one attached hydrogen (secondary N) is 1. The summed E-state index contributed by atoms with van der Waals surface area (Å²) in [5.41, 5.74) is 0.326. The second kappa shape index (κ2) is 5.69. The van der Waals surface area contributed by atoms with Crippen LogP contribution in [-0.2, 0) is 0 Å². The molecule has 0 aromatic heterocycles. The molecule has 1 N–H and O–H groups in total. The van der Waals surface area contributed by atoms with E-state index in [1.165, 1.54) is 19.3 Å². The fraction of sp³-hybridized carbons (Fsp3) is 1.00. The van der Waals surface area contributed by atoms with Gasteiger partial charge in [-0.1, -0.05) is 53.9 Å². The van der Waals surface area contributed by atoms with E-state index in [1.54, 1.807) is 0 Å². The molecule has 1 saturated heterocycles. The molecular weight excluding hydrogens is 213 g/mol. The monoisotopic (exact) mass is 243 g/mol. The molecule has 0 spiro atoms. The van der Waals surface area contributed by atoms with Crippen LogP contribution in [0.2, 0.25) is 0 Å². The first-order chi connectivity index (χ1) is 7.79. The maximum atomic E-state index is 13.7. The highest BCUT2D eigenvalue weighted by Crippen LogP contribution is 2.44. The van der Waals surface area contributed by atoms with Crippen LogP contribution < -0.4 is 5.32 Å². The van der Waals surface area contributed by atoms with E-state index in [0.717, 1.165) is 12.8 Å². The quantitative estimate of drug-likeness (QED) is 0.725. The zero-order chi connectivity index (χ0) is 13.1. The number of piperidine rings is 1. The van der Waals surface area contributed by atoms with Crippen molar-refractivity contribution in [2.75, 3.05) is 6.54 Å². The van der Waals surface area contributed by atoms with Gasteiger partial charge in [0.25, 0.3) is 0 Å². The van der Waals surface area contributed by atoms with Crippen LogP contribution in [0.15, 0.2) is 0 Å². The average molecular weight is 243 g/mol. The van der Waals surface area contributed by atoms with E-state index in [0.29, 0.717) is 12.6 Å². The number of unbranched alkanes of at least 4 members (excludes halogenated alkanes) is 2. The maximum absolute atomic E-state index is 13.7. The predicted molar refractivity (Wildman–Crippen MR) is 73.0 cm³/mol. The molecule has 0 aromatic rings. The van der Waals surface area contributed by atoms with Gasteiger partial charge in [0, 0.05) is 12.6 Å². The molecule has 1 aliphatic rings. The van der Waals surface area contributed by atoms with E-state index >= 15 is 0 Å². The van der Waals surface area contributed by atoms with Crippen molar-refractivity contribution in [2.24, 2.45) is 10.8 Å². The van der Waals surface area contributed by atoms with Crippen molar-refractivity contribution in [1.29, 1.82) is 0 Å². The van der Waals surface area contributed by atoms with Gasteiger partial charge in [-0.2, -0.15) is 0 Å². The van der Waals surface area contributed by atoms with Crippen LogP contribution >= 0.6 is 0 Å². The van der Waals surface area contributed by atoms with Crippen LogP contribution in [0.1, 0.15) is 66.7 Å². The van der Waals surface area contributed by atoms with Gasteiger partial charge in [-0.15, -0.1) is 0 Å². The van der Waals surface area contributed by atoms with Gasteiger partial charge in [-0.3, -0.25) is 0 Å². The predicted octanol–water partition coefficient (Wildman–Crippen LogP) is 4.32. The van der Waals surface area contributed by atoms with Gasteiger partial charge in [0.05, 0.1) is 0 Å². The van der Waals surface area contributed by atoms with E-state index in [4.69, 9.17) is 0 Å². The van der Waals surface area contributed by atoms with Crippen molar-refractivity contribution in [1.82, 2.24) is 5.32 Å². The lowest BCUT2D eigenvalue weighted by molar-refractivity contribution is 0.0230. The van der Waals surface area contributed by atoms with E-state index in [1.807, 2.05) is 0 Å².